The van der Waals surface area contributed by atoms with Crippen molar-refractivity contribution >= 4 is 76.5 Å². The van der Waals surface area contributed by atoms with Crippen LogP contribution in [0.3, 0.4) is 0 Å². The summed E-state index contributed by atoms with van der Waals surface area (Å²) in [6.07, 6.45) is 18.3. The van der Waals surface area contributed by atoms with Gasteiger partial charge in [0.15, 0.2) is 0 Å². The van der Waals surface area contributed by atoms with E-state index in [1.165, 1.54) is 58.8 Å². The molecule has 0 aliphatic carbocycles. The molecule has 7 rings (SSSR count). The lowest BCUT2D eigenvalue weighted by molar-refractivity contribution is 0.219. The van der Waals surface area contributed by atoms with Gasteiger partial charge in [0.05, 0.1) is 50.7 Å². The van der Waals surface area contributed by atoms with Gasteiger partial charge in [-0.3, -0.25) is 9.13 Å². The number of aryl methyl sites for hydroxylation is 1. The Morgan fingerprint density at radius 1 is 0.412 bits per heavy atom. The number of benzene rings is 2. The van der Waals surface area contributed by atoms with Crippen LogP contribution in [0.2, 0.25) is 0 Å². The summed E-state index contributed by atoms with van der Waals surface area (Å²) in [6.45, 7) is 18.7. The van der Waals surface area contributed by atoms with Gasteiger partial charge in [-0.1, -0.05) is 110 Å². The van der Waals surface area contributed by atoms with E-state index in [1.807, 2.05) is 39.8 Å². The Balaban J connectivity index is 1.22. The van der Waals surface area contributed by atoms with Gasteiger partial charge in [0.25, 0.3) is 0 Å². The van der Waals surface area contributed by atoms with Gasteiger partial charge in [-0.2, -0.15) is 0 Å². The van der Waals surface area contributed by atoms with Gasteiger partial charge >= 0.3 is 15.2 Å². The van der Waals surface area contributed by atoms with E-state index >= 15 is 0 Å². The summed E-state index contributed by atoms with van der Waals surface area (Å²) >= 11 is 8.45. The van der Waals surface area contributed by atoms with Crippen LogP contribution in [0.15, 0.2) is 84.9 Å². The molecule has 0 bridgehead atoms. The maximum absolute atomic E-state index is 14.4. The number of hydrogen-bond donors (Lipinski definition) is 0. The van der Waals surface area contributed by atoms with Crippen LogP contribution in [0.5, 0.6) is 11.5 Å². The molecule has 0 saturated carbocycles. The predicted molar refractivity (Wildman–Crippen MR) is 347 cm³/mol. The summed E-state index contributed by atoms with van der Waals surface area (Å²) in [7, 11) is -6.96. The Morgan fingerprint density at radius 2 is 0.838 bits per heavy atom. The summed E-state index contributed by atoms with van der Waals surface area (Å²) in [5.41, 5.74) is 6.24. The molecule has 5 aromatic heterocycles. The van der Waals surface area contributed by atoms with Crippen molar-refractivity contribution in [2.24, 2.45) is 0 Å². The van der Waals surface area contributed by atoms with E-state index in [0.29, 0.717) is 31.0 Å². The second-order valence-corrected chi connectivity index (χ2v) is 29.5. The highest BCUT2D eigenvalue weighted by Gasteiger charge is 2.31. The Bertz CT molecular complexity index is 3150. The first-order chi connectivity index (χ1) is 39.0. The quantitative estimate of drug-likeness (QED) is 0.0218. The fourth-order valence-corrected chi connectivity index (χ4v) is 18.6. The molecule has 5 heterocycles. The lowest BCUT2D eigenvalue weighted by atomic mass is 9.95. The molecule has 0 aliphatic heterocycles. The van der Waals surface area contributed by atoms with Crippen LogP contribution in [0, 0.1) is 11.8 Å². The topological polar surface area (TPSA) is 89.5 Å². The minimum absolute atomic E-state index is 0.166. The van der Waals surface area contributed by atoms with E-state index in [1.54, 1.807) is 45.3 Å². The minimum Gasteiger partial charge on any atom is -0.493 e. The van der Waals surface area contributed by atoms with Crippen LogP contribution < -0.4 is 14.1 Å². The van der Waals surface area contributed by atoms with E-state index in [-0.39, 0.29) is 19.4 Å². The number of hydrogen-bond acceptors (Lipinski definition) is 13. The van der Waals surface area contributed by atoms with Crippen LogP contribution in [-0.2, 0) is 39.8 Å². The summed E-state index contributed by atoms with van der Waals surface area (Å²) < 4.78 is 65.8. The highest BCUT2D eigenvalue weighted by atomic mass is 32.1. The first-order valence-corrected chi connectivity index (χ1v) is 36.8. The maximum atomic E-state index is 14.4. The Kier molecular flexibility index (Phi) is 26.4. The SMILES string of the molecule is CCCCCCCCC#Cc1ccc(-c2ccc(-c3cc(CC)c(-c4ccc(-c5ccc(-c6cc(OCCCCCC)c(-c7ccc(P(=O)(OCC)OCC)s7)cc6OCCCCCC)s5)s4)cc3CP(=O)(OCC)OCC)s2)s1. The van der Waals surface area contributed by atoms with E-state index in [0.717, 1.165) is 144 Å². The molecule has 0 atom stereocenters. The number of thiophene rings is 5. The molecule has 2 aromatic carbocycles. The van der Waals surface area contributed by atoms with Crippen molar-refractivity contribution in [1.82, 2.24) is 0 Å². The van der Waals surface area contributed by atoms with Crippen molar-refractivity contribution in [2.45, 2.75) is 164 Å². The minimum atomic E-state index is -3.49. The third-order valence-corrected chi connectivity index (χ3v) is 24.1. The van der Waals surface area contributed by atoms with Gasteiger partial charge in [-0.05, 0) is 161 Å². The number of rotatable bonds is 36. The molecule has 0 amide bonds. The van der Waals surface area contributed by atoms with Crippen LogP contribution in [-0.4, -0.2) is 39.6 Å². The third-order valence-electron chi connectivity index (χ3n) is 13.6. The molecule has 0 aliphatic rings. The fraction of sp³-hybridized carbons (Fsp3) is 0.477. The zero-order valence-electron chi connectivity index (χ0n) is 48.5. The monoisotopic (exact) mass is 1210 g/mol. The summed E-state index contributed by atoms with van der Waals surface area (Å²) in [4.78, 5) is 10.1. The normalized spacial score (nSPS) is 11.8. The second kappa shape index (κ2) is 33.0. The molecular formula is C65H84O8P2S5. The summed E-state index contributed by atoms with van der Waals surface area (Å²) in [5.74, 6) is 8.41. The molecule has 8 nitrogen and oxygen atoms in total. The van der Waals surface area contributed by atoms with Gasteiger partial charge in [0.2, 0.25) is 0 Å². The first kappa shape index (κ1) is 64.0. The summed E-state index contributed by atoms with van der Waals surface area (Å²) in [5, 5.41) is 0. The van der Waals surface area contributed by atoms with Crippen molar-refractivity contribution in [1.29, 1.82) is 0 Å². The average molecular weight is 1220 g/mol. The Morgan fingerprint density at radius 3 is 1.36 bits per heavy atom. The highest BCUT2D eigenvalue weighted by molar-refractivity contribution is 7.69. The van der Waals surface area contributed by atoms with Crippen molar-refractivity contribution < 1.29 is 36.7 Å². The van der Waals surface area contributed by atoms with Crippen molar-refractivity contribution in [3.63, 3.8) is 0 Å². The Hall–Kier alpha value is -3.60. The van der Waals surface area contributed by atoms with E-state index < -0.39 is 15.2 Å². The smallest absolute Gasteiger partial charge is 0.371 e. The van der Waals surface area contributed by atoms with E-state index in [9.17, 15) is 9.13 Å². The molecule has 0 radical (unpaired) electrons. The van der Waals surface area contributed by atoms with Crippen molar-refractivity contribution in [2.75, 3.05) is 39.6 Å². The van der Waals surface area contributed by atoms with Gasteiger partial charge < -0.3 is 27.6 Å². The predicted octanol–water partition coefficient (Wildman–Crippen LogP) is 22.2. The van der Waals surface area contributed by atoms with Crippen LogP contribution in [0.25, 0.3) is 61.3 Å². The van der Waals surface area contributed by atoms with E-state index in [4.69, 9.17) is 27.6 Å². The summed E-state index contributed by atoms with van der Waals surface area (Å²) in [6, 6.07) is 30.3. The zero-order valence-corrected chi connectivity index (χ0v) is 54.4. The van der Waals surface area contributed by atoms with Gasteiger partial charge in [0.1, 0.15) is 16.1 Å². The molecule has 7 aromatic rings. The lowest BCUT2D eigenvalue weighted by Crippen LogP contribution is -2.06. The van der Waals surface area contributed by atoms with Crippen molar-refractivity contribution in [3.05, 3.63) is 101 Å². The molecule has 0 N–H and O–H groups in total. The second-order valence-electron chi connectivity index (χ2n) is 19.7. The fourth-order valence-electron chi connectivity index (χ4n) is 9.56. The van der Waals surface area contributed by atoms with Gasteiger partial charge in [-0.15, -0.1) is 56.7 Å². The van der Waals surface area contributed by atoms with Crippen LogP contribution in [0.4, 0.5) is 0 Å². The largest absolute Gasteiger partial charge is 0.493 e. The molecule has 432 valence electrons. The van der Waals surface area contributed by atoms with Crippen molar-refractivity contribution in [3.8, 4) is 84.6 Å². The molecule has 80 heavy (non-hydrogen) atoms. The van der Waals surface area contributed by atoms with Gasteiger partial charge in [-0.25, -0.2) is 0 Å². The number of unbranched alkanes of at least 4 members (excludes halogenated alkanes) is 12. The van der Waals surface area contributed by atoms with E-state index in [2.05, 4.69) is 112 Å². The van der Waals surface area contributed by atoms with Crippen LogP contribution in [0.1, 0.15) is 168 Å². The maximum Gasteiger partial charge on any atom is 0.371 e. The van der Waals surface area contributed by atoms with Gasteiger partial charge in [0, 0.05) is 56.6 Å². The molecular weight excluding hydrogens is 1130 g/mol. The van der Waals surface area contributed by atoms with Crippen LogP contribution >= 0.6 is 71.9 Å². The Labute approximate surface area is 499 Å². The third kappa shape index (κ3) is 17.7. The molecule has 15 heteroatoms. The molecule has 0 unspecified atom stereocenters. The number of ether oxygens (including phenoxy) is 2. The molecule has 0 saturated heterocycles. The highest BCUT2D eigenvalue weighted by Crippen LogP contribution is 2.55. The first-order valence-electron chi connectivity index (χ1n) is 29.4. The molecule has 0 fully saturated rings. The standard InChI is InChI=1S/C65H84O8P2S5/c1-9-17-20-23-24-25-26-27-30-50-31-32-61(76-50)62-36-34-58(78-62)52-43-48(12-4)51(44-49(52)47-74(66,70-13-5)71-14-6)57-33-37-63(77-57)64-38-35-59(79-64)53-45-56(69-42-29-22-19-11-3)54(46-55(53)68-41-28-21-18-10-2)60-39-40-65(80-60)75(67,72-15-7)73-16-8/h31-40,43-46H,9-26,28-29,41-42,47H2,1-8H3. The molecule has 0 spiro atoms. The lowest BCUT2D eigenvalue weighted by Gasteiger charge is -2.20. The zero-order chi connectivity index (χ0) is 56.7. The average Bonchev–Trinajstić information content (AvgIpc) is 4.39.